The highest BCUT2D eigenvalue weighted by atomic mass is 35.5. The second kappa shape index (κ2) is 7.63. The first kappa shape index (κ1) is 16.8. The third kappa shape index (κ3) is 4.01. The van der Waals surface area contributed by atoms with Crippen LogP contribution in [0.3, 0.4) is 0 Å². The van der Waals surface area contributed by atoms with Crippen molar-refractivity contribution in [3.63, 3.8) is 0 Å². The molecule has 0 saturated carbocycles. The highest BCUT2D eigenvalue weighted by Crippen LogP contribution is 2.19. The van der Waals surface area contributed by atoms with Gasteiger partial charge in [0.1, 0.15) is 6.04 Å². The van der Waals surface area contributed by atoms with E-state index in [1.165, 1.54) is 0 Å². The molecule has 1 aliphatic heterocycles. The zero-order valence-electron chi connectivity index (χ0n) is 13.2. The molecular weight excluding hydrogens is 300 g/mol. The lowest BCUT2D eigenvalue weighted by molar-refractivity contribution is -0.142. The van der Waals surface area contributed by atoms with Crippen LogP contribution in [0.2, 0.25) is 5.02 Å². The molecule has 1 N–H and O–H groups in total. The van der Waals surface area contributed by atoms with E-state index in [0.717, 1.165) is 30.4 Å². The highest BCUT2D eigenvalue weighted by molar-refractivity contribution is 6.30. The van der Waals surface area contributed by atoms with Gasteiger partial charge in [0.2, 0.25) is 11.8 Å². The Bertz CT molecular complexity index is 560. The van der Waals surface area contributed by atoms with Crippen LogP contribution in [0.4, 0.5) is 0 Å². The summed E-state index contributed by atoms with van der Waals surface area (Å²) in [5.41, 5.74) is 2.10. The van der Waals surface area contributed by atoms with Crippen LogP contribution in [-0.4, -0.2) is 29.3 Å². The van der Waals surface area contributed by atoms with Gasteiger partial charge in [-0.1, -0.05) is 24.6 Å². The van der Waals surface area contributed by atoms with Crippen molar-refractivity contribution in [1.82, 2.24) is 10.2 Å². The van der Waals surface area contributed by atoms with Crippen LogP contribution in [0.25, 0.3) is 0 Å². The average Bonchev–Trinajstić information content (AvgIpc) is 2.54. The molecule has 22 heavy (non-hydrogen) atoms. The predicted octanol–water partition coefficient (Wildman–Crippen LogP) is 3.06. The lowest BCUT2D eigenvalue weighted by Crippen LogP contribution is -2.51. The summed E-state index contributed by atoms with van der Waals surface area (Å²) in [6, 6.07) is 5.32. The van der Waals surface area contributed by atoms with E-state index in [0.29, 0.717) is 24.5 Å². The molecule has 0 spiro atoms. The molecular formula is C17H23ClN2O2. The lowest BCUT2D eigenvalue weighted by Gasteiger charge is -2.34. The van der Waals surface area contributed by atoms with Gasteiger partial charge in [0.15, 0.2) is 0 Å². The third-order valence-corrected chi connectivity index (χ3v) is 4.43. The molecule has 120 valence electrons. The molecule has 0 bridgehead atoms. The Morgan fingerprint density at radius 3 is 2.86 bits per heavy atom. The van der Waals surface area contributed by atoms with Gasteiger partial charge in [0.25, 0.3) is 0 Å². The number of halogens is 1. The van der Waals surface area contributed by atoms with Crippen molar-refractivity contribution in [2.45, 2.75) is 52.1 Å². The maximum atomic E-state index is 12.5. The number of carbonyl (C=O) groups is 2. The number of nitrogens with zero attached hydrogens (tertiary/aromatic N) is 1. The van der Waals surface area contributed by atoms with Gasteiger partial charge in [-0.25, -0.2) is 0 Å². The number of benzene rings is 1. The van der Waals surface area contributed by atoms with E-state index < -0.39 is 0 Å². The monoisotopic (exact) mass is 322 g/mol. The lowest BCUT2D eigenvalue weighted by atomic mass is 10.0. The molecule has 0 unspecified atom stereocenters. The first-order valence-electron chi connectivity index (χ1n) is 7.85. The molecule has 1 fully saturated rings. The summed E-state index contributed by atoms with van der Waals surface area (Å²) in [6.07, 6.45) is 3.15. The summed E-state index contributed by atoms with van der Waals surface area (Å²) in [5, 5.41) is 3.62. The van der Waals surface area contributed by atoms with Crippen molar-refractivity contribution in [3.8, 4) is 0 Å². The van der Waals surface area contributed by atoms with Gasteiger partial charge in [0.05, 0.1) is 0 Å². The van der Waals surface area contributed by atoms with Gasteiger partial charge in [-0.05, 0) is 49.4 Å². The minimum Gasteiger partial charge on any atom is -0.350 e. The zero-order valence-corrected chi connectivity index (χ0v) is 13.9. The van der Waals surface area contributed by atoms with Crippen LogP contribution in [0, 0.1) is 6.92 Å². The van der Waals surface area contributed by atoms with E-state index in [9.17, 15) is 9.59 Å². The second-order valence-corrected chi connectivity index (χ2v) is 6.18. The Hall–Kier alpha value is -1.55. The van der Waals surface area contributed by atoms with E-state index in [4.69, 9.17) is 11.6 Å². The van der Waals surface area contributed by atoms with Crippen molar-refractivity contribution < 1.29 is 9.59 Å². The minimum absolute atomic E-state index is 0.0544. The van der Waals surface area contributed by atoms with Crippen molar-refractivity contribution in [2.24, 2.45) is 0 Å². The third-order valence-electron chi connectivity index (χ3n) is 4.19. The number of hydrogen-bond acceptors (Lipinski definition) is 2. The van der Waals surface area contributed by atoms with Crippen LogP contribution in [0.15, 0.2) is 18.2 Å². The Balaban J connectivity index is 2.01. The van der Waals surface area contributed by atoms with Gasteiger partial charge in [-0.15, -0.1) is 0 Å². The van der Waals surface area contributed by atoms with E-state index in [1.54, 1.807) is 4.90 Å². The molecule has 0 aliphatic carbocycles. The van der Waals surface area contributed by atoms with E-state index >= 15 is 0 Å². The fraction of sp³-hybridized carbons (Fsp3) is 0.529. The molecule has 2 amide bonds. The zero-order chi connectivity index (χ0) is 16.1. The van der Waals surface area contributed by atoms with Crippen LogP contribution in [0.1, 0.15) is 43.7 Å². The van der Waals surface area contributed by atoms with Crippen molar-refractivity contribution in [1.29, 1.82) is 0 Å². The normalized spacial score (nSPS) is 18.1. The Kier molecular flexibility index (Phi) is 5.83. The SMILES string of the molecule is CCC(=O)N1CCCC[C@H]1C(=O)NCc1cc(Cl)ccc1C. The molecule has 0 radical (unpaired) electrons. The Labute approximate surface area is 136 Å². The summed E-state index contributed by atoms with van der Waals surface area (Å²) in [7, 11) is 0. The van der Waals surface area contributed by atoms with Crippen LogP contribution in [-0.2, 0) is 16.1 Å². The summed E-state index contributed by atoms with van der Waals surface area (Å²) in [5.74, 6) is -0.0142. The molecule has 2 rings (SSSR count). The van der Waals surface area contributed by atoms with Crippen LogP contribution >= 0.6 is 11.6 Å². The summed E-state index contributed by atoms with van der Waals surface area (Å²) < 4.78 is 0. The molecule has 0 aromatic heterocycles. The fourth-order valence-electron chi connectivity index (χ4n) is 2.84. The largest absolute Gasteiger partial charge is 0.350 e. The van der Waals surface area contributed by atoms with Gasteiger partial charge < -0.3 is 10.2 Å². The van der Waals surface area contributed by atoms with E-state index in [2.05, 4.69) is 5.32 Å². The number of rotatable bonds is 4. The van der Waals surface area contributed by atoms with Gasteiger partial charge in [-0.3, -0.25) is 9.59 Å². The number of nitrogens with one attached hydrogen (secondary N) is 1. The van der Waals surface area contributed by atoms with Gasteiger partial charge in [0, 0.05) is 24.5 Å². The van der Waals surface area contributed by atoms with Crippen LogP contribution < -0.4 is 5.32 Å². The Morgan fingerprint density at radius 1 is 1.36 bits per heavy atom. The molecule has 1 atom stereocenters. The van der Waals surface area contributed by atoms with E-state index in [-0.39, 0.29) is 17.9 Å². The number of likely N-dealkylation sites (tertiary alicyclic amines) is 1. The molecule has 4 nitrogen and oxygen atoms in total. The maximum absolute atomic E-state index is 12.5. The quantitative estimate of drug-likeness (QED) is 0.926. The summed E-state index contributed by atoms with van der Waals surface area (Å²) in [6.45, 7) is 4.95. The van der Waals surface area contributed by atoms with Crippen LogP contribution in [0.5, 0.6) is 0 Å². The van der Waals surface area contributed by atoms with Gasteiger partial charge in [-0.2, -0.15) is 0 Å². The summed E-state index contributed by atoms with van der Waals surface area (Å²) in [4.78, 5) is 26.2. The Morgan fingerprint density at radius 2 is 2.14 bits per heavy atom. The molecule has 1 aliphatic rings. The minimum atomic E-state index is -0.333. The fourth-order valence-corrected chi connectivity index (χ4v) is 3.03. The number of carbonyl (C=O) groups excluding carboxylic acids is 2. The second-order valence-electron chi connectivity index (χ2n) is 5.74. The van der Waals surface area contributed by atoms with Crippen molar-refractivity contribution in [2.75, 3.05) is 6.54 Å². The average molecular weight is 323 g/mol. The first-order valence-corrected chi connectivity index (χ1v) is 8.23. The maximum Gasteiger partial charge on any atom is 0.243 e. The molecule has 1 aromatic rings. The topological polar surface area (TPSA) is 49.4 Å². The van der Waals surface area contributed by atoms with Crippen molar-refractivity contribution >= 4 is 23.4 Å². The van der Waals surface area contributed by atoms with E-state index in [1.807, 2.05) is 32.0 Å². The van der Waals surface area contributed by atoms with Crippen molar-refractivity contribution in [3.05, 3.63) is 34.3 Å². The molecule has 1 saturated heterocycles. The highest BCUT2D eigenvalue weighted by Gasteiger charge is 2.31. The predicted molar refractivity (Wildman–Crippen MR) is 87.7 cm³/mol. The van der Waals surface area contributed by atoms with Gasteiger partial charge >= 0.3 is 0 Å². The molecule has 1 heterocycles. The smallest absolute Gasteiger partial charge is 0.243 e. The number of amides is 2. The molecule has 5 heteroatoms. The first-order chi connectivity index (χ1) is 10.5. The standard InChI is InChI=1S/C17H23ClN2O2/c1-3-16(21)20-9-5-4-6-15(20)17(22)19-11-13-10-14(18)8-7-12(13)2/h7-8,10,15H,3-6,9,11H2,1-2H3,(H,19,22)/t15-/m0/s1. The number of aryl methyl sites for hydroxylation is 1. The number of hydrogen-bond donors (Lipinski definition) is 1. The number of piperidine rings is 1. The summed E-state index contributed by atoms with van der Waals surface area (Å²) >= 11 is 6.00. The molecule has 1 aromatic carbocycles.